The van der Waals surface area contributed by atoms with E-state index < -0.39 is 6.04 Å². The van der Waals surface area contributed by atoms with E-state index in [2.05, 4.69) is 10.3 Å². The van der Waals surface area contributed by atoms with Crippen molar-refractivity contribution in [1.82, 2.24) is 19.7 Å². The smallest absolute Gasteiger partial charge is 0.322 e. The topological polar surface area (TPSA) is 85.8 Å². The summed E-state index contributed by atoms with van der Waals surface area (Å²) in [7, 11) is 1.59. The zero-order valence-corrected chi connectivity index (χ0v) is 13.3. The van der Waals surface area contributed by atoms with Crippen molar-refractivity contribution in [3.05, 3.63) is 23.5 Å². The predicted octanol–water partition coefficient (Wildman–Crippen LogP) is 0.252. The monoisotopic (exact) mass is 337 g/mol. The molecule has 1 aromatic heterocycles. The molecule has 1 atom stereocenters. The summed E-state index contributed by atoms with van der Waals surface area (Å²) in [5, 5.41) is 2.87. The number of anilines is 1. The van der Waals surface area contributed by atoms with E-state index in [4.69, 9.17) is 11.6 Å². The Labute approximate surface area is 138 Å². The number of likely N-dealkylation sites (N-methyl/N-ethyl adjacent to an activating group) is 1. The van der Waals surface area contributed by atoms with Crippen molar-refractivity contribution < 1.29 is 14.4 Å². The number of rotatable bonds is 1. The van der Waals surface area contributed by atoms with Crippen LogP contribution in [0.15, 0.2) is 18.3 Å². The van der Waals surface area contributed by atoms with Crippen LogP contribution >= 0.6 is 11.6 Å². The Balaban J connectivity index is 1.70. The lowest BCUT2D eigenvalue weighted by Crippen LogP contribution is -2.67. The molecule has 0 radical (unpaired) electrons. The maximum absolute atomic E-state index is 12.4. The summed E-state index contributed by atoms with van der Waals surface area (Å²) in [6, 6.07) is 2.32. The molecule has 8 nitrogen and oxygen atoms in total. The predicted molar refractivity (Wildman–Crippen MR) is 83.0 cm³/mol. The Morgan fingerprint density at radius 3 is 2.91 bits per heavy atom. The first-order valence-corrected chi connectivity index (χ1v) is 7.56. The Morgan fingerprint density at radius 1 is 1.39 bits per heavy atom. The molecule has 1 unspecified atom stereocenters. The summed E-state index contributed by atoms with van der Waals surface area (Å²) >= 11 is 5.92. The van der Waals surface area contributed by atoms with Gasteiger partial charge >= 0.3 is 6.03 Å². The number of carbonyl (C=O) groups excluding carboxylic acids is 3. The third kappa shape index (κ3) is 2.94. The van der Waals surface area contributed by atoms with E-state index in [0.717, 1.165) is 0 Å². The number of nitrogens with one attached hydrogen (secondary N) is 1. The molecule has 0 bridgehead atoms. The van der Waals surface area contributed by atoms with E-state index in [1.54, 1.807) is 24.1 Å². The van der Waals surface area contributed by atoms with E-state index in [1.807, 2.05) is 0 Å². The van der Waals surface area contributed by atoms with Gasteiger partial charge in [0, 0.05) is 26.3 Å². The van der Waals surface area contributed by atoms with Crippen LogP contribution in [0, 0.1) is 0 Å². The van der Waals surface area contributed by atoms with Crippen molar-refractivity contribution in [2.75, 3.05) is 38.5 Å². The lowest BCUT2D eigenvalue weighted by atomic mass is 10.1. The molecule has 2 aliphatic rings. The standard InChI is InChI=1S/C14H16ClN5O3/c1-18-8-11(21)20-6-5-19(7-10(20)13(18)22)14(23)17-9-3-2-4-16-12(9)15/h2-4,10H,5-8H2,1H3,(H,17,23). The maximum Gasteiger partial charge on any atom is 0.322 e. The number of pyridine rings is 1. The second-order valence-corrected chi connectivity index (χ2v) is 5.87. The van der Waals surface area contributed by atoms with Crippen molar-refractivity contribution in [2.45, 2.75) is 6.04 Å². The molecule has 2 saturated heterocycles. The van der Waals surface area contributed by atoms with Crippen LogP contribution < -0.4 is 5.32 Å². The van der Waals surface area contributed by atoms with Gasteiger partial charge in [0.25, 0.3) is 0 Å². The Morgan fingerprint density at radius 2 is 2.17 bits per heavy atom. The lowest BCUT2D eigenvalue weighted by Gasteiger charge is -2.45. The van der Waals surface area contributed by atoms with E-state index in [-0.39, 0.29) is 36.1 Å². The van der Waals surface area contributed by atoms with Crippen molar-refractivity contribution in [3.63, 3.8) is 0 Å². The highest BCUT2D eigenvalue weighted by molar-refractivity contribution is 6.32. The van der Waals surface area contributed by atoms with Crippen molar-refractivity contribution in [2.24, 2.45) is 0 Å². The minimum Gasteiger partial charge on any atom is -0.335 e. The Hall–Kier alpha value is -2.35. The molecule has 3 rings (SSSR count). The Kier molecular flexibility index (Phi) is 4.08. The van der Waals surface area contributed by atoms with Gasteiger partial charge in [-0.3, -0.25) is 9.59 Å². The van der Waals surface area contributed by atoms with Crippen LogP contribution in [0.25, 0.3) is 0 Å². The SMILES string of the molecule is CN1CC(=O)N2CCN(C(=O)Nc3cccnc3Cl)CC2C1=O. The van der Waals surface area contributed by atoms with Gasteiger partial charge < -0.3 is 20.0 Å². The summed E-state index contributed by atoms with van der Waals surface area (Å²) in [5.74, 6) is -0.242. The third-order valence-corrected chi connectivity index (χ3v) is 4.32. The van der Waals surface area contributed by atoms with Gasteiger partial charge in [-0.25, -0.2) is 9.78 Å². The van der Waals surface area contributed by atoms with Gasteiger partial charge in [0.15, 0.2) is 5.15 Å². The fourth-order valence-electron chi connectivity index (χ4n) is 2.78. The number of halogens is 1. The number of hydrogen-bond donors (Lipinski definition) is 1. The van der Waals surface area contributed by atoms with Gasteiger partial charge in [0.05, 0.1) is 18.8 Å². The first-order valence-electron chi connectivity index (χ1n) is 7.18. The third-order valence-electron chi connectivity index (χ3n) is 4.02. The van der Waals surface area contributed by atoms with Gasteiger partial charge in [-0.2, -0.15) is 0 Å². The average Bonchev–Trinajstić information content (AvgIpc) is 2.54. The zero-order chi connectivity index (χ0) is 16.6. The number of hydrogen-bond acceptors (Lipinski definition) is 4. The molecule has 122 valence electrons. The summed E-state index contributed by atoms with van der Waals surface area (Å²) in [5.41, 5.74) is 0.407. The minimum absolute atomic E-state index is 0.0901. The van der Waals surface area contributed by atoms with Crippen LogP contribution in [0.4, 0.5) is 10.5 Å². The Bertz CT molecular complexity index is 668. The van der Waals surface area contributed by atoms with Crippen molar-refractivity contribution in [3.8, 4) is 0 Å². The molecule has 0 spiro atoms. The van der Waals surface area contributed by atoms with Gasteiger partial charge in [0.1, 0.15) is 6.04 Å². The molecular formula is C14H16ClN5O3. The summed E-state index contributed by atoms with van der Waals surface area (Å²) < 4.78 is 0. The quantitative estimate of drug-likeness (QED) is 0.744. The normalized spacial score (nSPS) is 21.3. The van der Waals surface area contributed by atoms with Gasteiger partial charge in [-0.15, -0.1) is 0 Å². The summed E-state index contributed by atoms with van der Waals surface area (Å²) in [4.78, 5) is 44.9. The zero-order valence-electron chi connectivity index (χ0n) is 12.5. The molecule has 9 heteroatoms. The van der Waals surface area contributed by atoms with Crippen LogP contribution in [0.3, 0.4) is 0 Å². The molecular weight excluding hydrogens is 322 g/mol. The second-order valence-electron chi connectivity index (χ2n) is 5.52. The number of carbonyl (C=O) groups is 3. The maximum atomic E-state index is 12.4. The summed E-state index contributed by atoms with van der Waals surface area (Å²) in [6.07, 6.45) is 1.53. The van der Waals surface area contributed by atoms with Crippen LogP contribution in [-0.2, 0) is 9.59 Å². The molecule has 23 heavy (non-hydrogen) atoms. The lowest BCUT2D eigenvalue weighted by molar-refractivity contribution is -0.157. The highest BCUT2D eigenvalue weighted by atomic mass is 35.5. The van der Waals surface area contributed by atoms with E-state index in [1.165, 1.54) is 16.0 Å². The van der Waals surface area contributed by atoms with Crippen LogP contribution in [0.2, 0.25) is 5.15 Å². The molecule has 2 fully saturated rings. The number of amides is 4. The fraction of sp³-hybridized carbons (Fsp3) is 0.429. The molecule has 1 N–H and O–H groups in total. The number of piperazine rings is 2. The summed E-state index contributed by atoms with van der Waals surface area (Å²) in [6.45, 7) is 0.964. The van der Waals surface area contributed by atoms with E-state index in [9.17, 15) is 14.4 Å². The minimum atomic E-state index is -0.620. The first-order chi connectivity index (χ1) is 11.0. The second kappa shape index (κ2) is 6.04. The van der Waals surface area contributed by atoms with Crippen LogP contribution in [0.5, 0.6) is 0 Å². The molecule has 0 aromatic carbocycles. The molecule has 3 heterocycles. The number of nitrogens with zero attached hydrogens (tertiary/aromatic N) is 4. The van der Waals surface area contributed by atoms with Crippen LogP contribution in [0.1, 0.15) is 0 Å². The molecule has 1 aromatic rings. The van der Waals surface area contributed by atoms with Crippen LogP contribution in [-0.4, -0.2) is 76.8 Å². The van der Waals surface area contributed by atoms with Gasteiger partial charge in [-0.1, -0.05) is 11.6 Å². The van der Waals surface area contributed by atoms with Gasteiger partial charge in [-0.05, 0) is 12.1 Å². The van der Waals surface area contributed by atoms with E-state index >= 15 is 0 Å². The van der Waals surface area contributed by atoms with Gasteiger partial charge in [0.2, 0.25) is 11.8 Å². The molecule has 4 amide bonds. The van der Waals surface area contributed by atoms with Crippen molar-refractivity contribution >= 4 is 35.1 Å². The highest BCUT2D eigenvalue weighted by Crippen LogP contribution is 2.20. The number of urea groups is 1. The van der Waals surface area contributed by atoms with Crippen molar-refractivity contribution in [1.29, 1.82) is 0 Å². The fourth-order valence-corrected chi connectivity index (χ4v) is 2.94. The molecule has 2 aliphatic heterocycles. The van der Waals surface area contributed by atoms with E-state index in [0.29, 0.717) is 18.8 Å². The average molecular weight is 338 g/mol. The highest BCUT2D eigenvalue weighted by Gasteiger charge is 2.42. The largest absolute Gasteiger partial charge is 0.335 e. The molecule has 0 aliphatic carbocycles. The number of fused-ring (bicyclic) bond motifs is 1. The number of aromatic nitrogens is 1. The molecule has 0 saturated carbocycles. The first kappa shape index (κ1) is 15.5.